The van der Waals surface area contributed by atoms with Crippen LogP contribution in [0, 0.1) is 5.92 Å². The van der Waals surface area contributed by atoms with Gasteiger partial charge in [-0.05, 0) is 49.2 Å². The highest BCUT2D eigenvalue weighted by molar-refractivity contribution is 6.30. The molecule has 0 spiro atoms. The second-order valence-corrected chi connectivity index (χ2v) is 6.54. The summed E-state index contributed by atoms with van der Waals surface area (Å²) in [6.45, 7) is 1.52. The summed E-state index contributed by atoms with van der Waals surface area (Å²) in [6, 6.07) is 11.0. The third-order valence-electron chi connectivity index (χ3n) is 4.38. The van der Waals surface area contributed by atoms with E-state index in [1.807, 2.05) is 24.3 Å². The molecule has 0 bridgehead atoms. The Labute approximate surface area is 149 Å². The first kappa shape index (κ1) is 15.8. The van der Waals surface area contributed by atoms with Crippen molar-refractivity contribution in [3.8, 4) is 0 Å². The summed E-state index contributed by atoms with van der Waals surface area (Å²) in [5.74, 6) is 0.775. The van der Waals surface area contributed by atoms with E-state index in [9.17, 15) is 4.79 Å². The van der Waals surface area contributed by atoms with Gasteiger partial charge in [0.1, 0.15) is 12.1 Å². The molecule has 7 nitrogen and oxygen atoms in total. The van der Waals surface area contributed by atoms with Gasteiger partial charge in [-0.3, -0.25) is 4.79 Å². The van der Waals surface area contributed by atoms with Crippen LogP contribution in [0.3, 0.4) is 0 Å². The zero-order valence-corrected chi connectivity index (χ0v) is 14.2. The first-order valence-electron chi connectivity index (χ1n) is 8.17. The number of amides is 1. The summed E-state index contributed by atoms with van der Waals surface area (Å²) in [4.78, 5) is 14.7. The molecular weight excluding hydrogens is 340 g/mol. The van der Waals surface area contributed by atoms with Gasteiger partial charge in [0.2, 0.25) is 5.91 Å². The average Bonchev–Trinajstić information content (AvgIpc) is 3.11. The fourth-order valence-corrected chi connectivity index (χ4v) is 3.19. The lowest BCUT2D eigenvalue weighted by Gasteiger charge is -2.32. The summed E-state index contributed by atoms with van der Waals surface area (Å²) in [5.41, 5.74) is 1.47. The summed E-state index contributed by atoms with van der Waals surface area (Å²) in [5, 5.41) is 15.9. The van der Waals surface area contributed by atoms with E-state index in [1.54, 1.807) is 23.0 Å². The summed E-state index contributed by atoms with van der Waals surface area (Å²) >= 11 is 5.88. The van der Waals surface area contributed by atoms with E-state index in [4.69, 9.17) is 11.6 Å². The van der Waals surface area contributed by atoms with E-state index in [1.165, 1.54) is 0 Å². The van der Waals surface area contributed by atoms with Gasteiger partial charge in [-0.15, -0.1) is 15.3 Å². The smallest absolute Gasteiger partial charge is 0.229 e. The van der Waals surface area contributed by atoms with Crippen molar-refractivity contribution < 1.29 is 4.79 Å². The summed E-state index contributed by atoms with van der Waals surface area (Å²) < 4.78 is 1.65. The number of hydrogen-bond acceptors (Lipinski definition) is 5. The Balaban J connectivity index is 1.46. The molecule has 1 atom stereocenters. The molecule has 0 saturated carbocycles. The molecule has 1 aliphatic heterocycles. The molecule has 8 heteroatoms. The van der Waals surface area contributed by atoms with Crippen LogP contribution in [-0.2, 0) is 4.79 Å². The van der Waals surface area contributed by atoms with Gasteiger partial charge in [-0.25, -0.2) is 0 Å². The highest BCUT2D eigenvalue weighted by Gasteiger charge is 2.26. The number of hydrogen-bond donors (Lipinski definition) is 1. The molecule has 1 fully saturated rings. The molecule has 25 heavy (non-hydrogen) atoms. The Bertz CT molecular complexity index is 894. The van der Waals surface area contributed by atoms with Gasteiger partial charge in [0.05, 0.1) is 5.92 Å². The van der Waals surface area contributed by atoms with E-state index in [0.717, 1.165) is 30.9 Å². The highest BCUT2D eigenvalue weighted by atomic mass is 35.5. The minimum absolute atomic E-state index is 0.0254. The van der Waals surface area contributed by atoms with Crippen molar-refractivity contribution in [1.82, 2.24) is 19.8 Å². The molecule has 2 aromatic heterocycles. The number of rotatable bonds is 3. The largest absolute Gasteiger partial charge is 0.354 e. The van der Waals surface area contributed by atoms with Gasteiger partial charge in [-0.2, -0.15) is 4.52 Å². The molecule has 1 N–H and O–H groups in total. The quantitative estimate of drug-likeness (QED) is 0.780. The van der Waals surface area contributed by atoms with Crippen LogP contribution in [0.1, 0.15) is 12.8 Å². The van der Waals surface area contributed by atoms with E-state index in [-0.39, 0.29) is 11.8 Å². The van der Waals surface area contributed by atoms with Gasteiger partial charge in [0, 0.05) is 23.8 Å². The molecule has 0 radical (unpaired) electrons. The molecule has 1 saturated heterocycles. The van der Waals surface area contributed by atoms with Crippen LogP contribution in [0.2, 0.25) is 5.02 Å². The fourth-order valence-electron chi connectivity index (χ4n) is 3.06. The maximum Gasteiger partial charge on any atom is 0.229 e. The van der Waals surface area contributed by atoms with Gasteiger partial charge in [0.25, 0.3) is 0 Å². The van der Waals surface area contributed by atoms with Crippen LogP contribution in [0.4, 0.5) is 11.5 Å². The van der Waals surface area contributed by atoms with Gasteiger partial charge in [0.15, 0.2) is 5.65 Å². The standard InChI is InChI=1S/C17H17ClN6O/c18-13-3-5-14(6-4-13)20-17(25)12-2-1-9-23(10-12)16-8-7-15-21-19-11-24(15)22-16/h3-8,11-12H,1-2,9-10H2,(H,20,25)/t12-/m0/s1. The van der Waals surface area contributed by atoms with Gasteiger partial charge < -0.3 is 10.2 Å². The molecule has 1 amide bonds. The Kier molecular flexibility index (Phi) is 4.23. The lowest BCUT2D eigenvalue weighted by atomic mass is 9.97. The Morgan fingerprint density at radius 1 is 1.20 bits per heavy atom. The van der Waals surface area contributed by atoms with E-state index >= 15 is 0 Å². The Morgan fingerprint density at radius 3 is 2.88 bits per heavy atom. The number of anilines is 2. The fraction of sp³-hybridized carbons (Fsp3) is 0.294. The third kappa shape index (κ3) is 3.41. The van der Waals surface area contributed by atoms with Crippen molar-refractivity contribution in [2.45, 2.75) is 12.8 Å². The maximum absolute atomic E-state index is 12.6. The van der Waals surface area contributed by atoms with Crippen LogP contribution in [0.5, 0.6) is 0 Å². The van der Waals surface area contributed by atoms with Crippen LogP contribution in [0.15, 0.2) is 42.7 Å². The first-order chi connectivity index (χ1) is 12.2. The Morgan fingerprint density at radius 2 is 2.04 bits per heavy atom. The predicted octanol–water partition coefficient (Wildman–Crippen LogP) is 2.63. The molecule has 3 aromatic rings. The second-order valence-electron chi connectivity index (χ2n) is 6.11. The number of nitrogens with one attached hydrogen (secondary N) is 1. The summed E-state index contributed by atoms with van der Waals surface area (Å²) in [7, 11) is 0. The van der Waals surface area contributed by atoms with Crippen molar-refractivity contribution in [3.05, 3.63) is 47.7 Å². The van der Waals surface area contributed by atoms with Gasteiger partial charge in [-0.1, -0.05) is 11.6 Å². The molecular formula is C17H17ClN6O. The average molecular weight is 357 g/mol. The minimum Gasteiger partial charge on any atom is -0.354 e. The van der Waals surface area contributed by atoms with E-state index in [2.05, 4.69) is 25.5 Å². The molecule has 1 aliphatic rings. The predicted molar refractivity (Wildman–Crippen MR) is 95.8 cm³/mol. The second kappa shape index (κ2) is 6.68. The van der Waals surface area contributed by atoms with E-state index in [0.29, 0.717) is 17.2 Å². The Hall–Kier alpha value is -2.67. The van der Waals surface area contributed by atoms with Crippen LogP contribution < -0.4 is 10.2 Å². The minimum atomic E-state index is -0.0807. The zero-order chi connectivity index (χ0) is 17.2. The number of carbonyl (C=O) groups excluding carboxylic acids is 1. The number of nitrogens with zero attached hydrogens (tertiary/aromatic N) is 5. The third-order valence-corrected chi connectivity index (χ3v) is 4.63. The number of piperidine rings is 1. The van der Waals surface area contributed by atoms with Crippen LogP contribution in [0.25, 0.3) is 5.65 Å². The van der Waals surface area contributed by atoms with Crippen molar-refractivity contribution >= 4 is 34.7 Å². The number of carbonyl (C=O) groups is 1. The molecule has 1 aromatic carbocycles. The molecule has 0 unspecified atom stereocenters. The van der Waals surface area contributed by atoms with Crippen LogP contribution >= 0.6 is 11.6 Å². The highest BCUT2D eigenvalue weighted by Crippen LogP contribution is 2.23. The SMILES string of the molecule is O=C(Nc1ccc(Cl)cc1)[C@H]1CCCN(c2ccc3nncn3n2)C1. The number of fused-ring (bicyclic) bond motifs is 1. The maximum atomic E-state index is 12.6. The number of benzene rings is 1. The topological polar surface area (TPSA) is 75.4 Å². The van der Waals surface area contributed by atoms with Crippen molar-refractivity contribution in [1.29, 1.82) is 0 Å². The number of aromatic nitrogens is 4. The molecule has 0 aliphatic carbocycles. The lowest BCUT2D eigenvalue weighted by Crippen LogP contribution is -2.41. The van der Waals surface area contributed by atoms with Crippen molar-refractivity contribution in [3.63, 3.8) is 0 Å². The van der Waals surface area contributed by atoms with Gasteiger partial charge >= 0.3 is 0 Å². The zero-order valence-electron chi connectivity index (χ0n) is 13.5. The molecule has 3 heterocycles. The van der Waals surface area contributed by atoms with Crippen molar-refractivity contribution in [2.75, 3.05) is 23.3 Å². The number of halogens is 1. The van der Waals surface area contributed by atoms with Crippen molar-refractivity contribution in [2.24, 2.45) is 5.92 Å². The summed E-state index contributed by atoms with van der Waals surface area (Å²) in [6.07, 6.45) is 3.39. The normalized spacial score (nSPS) is 17.6. The lowest BCUT2D eigenvalue weighted by molar-refractivity contribution is -0.120. The first-order valence-corrected chi connectivity index (χ1v) is 8.55. The van der Waals surface area contributed by atoms with Crippen LogP contribution in [-0.4, -0.2) is 38.8 Å². The molecule has 4 rings (SSSR count). The monoisotopic (exact) mass is 356 g/mol. The van der Waals surface area contributed by atoms with E-state index < -0.39 is 0 Å². The molecule has 128 valence electrons.